The average molecular weight is 349 g/mol. The van der Waals surface area contributed by atoms with Crippen LogP contribution in [0.2, 0.25) is 5.02 Å². The number of hydrogen-bond acceptors (Lipinski definition) is 3. The third-order valence-corrected chi connectivity index (χ3v) is 4.14. The van der Waals surface area contributed by atoms with E-state index in [-0.39, 0.29) is 12.6 Å². The molecule has 0 bridgehead atoms. The van der Waals surface area contributed by atoms with Crippen LogP contribution in [0.15, 0.2) is 42.5 Å². The number of nitrogens with one attached hydrogen (secondary N) is 1. The number of carbonyl (C=O) groups is 1. The zero-order valence-corrected chi connectivity index (χ0v) is 14.7. The zero-order valence-electron chi connectivity index (χ0n) is 13.9. The maximum absolute atomic E-state index is 12.5. The van der Waals surface area contributed by atoms with Crippen molar-refractivity contribution in [3.05, 3.63) is 58.6 Å². The number of hydrogen-bond donors (Lipinski definition) is 2. The Hall–Kier alpha value is -2.24. The van der Waals surface area contributed by atoms with Gasteiger partial charge in [0.05, 0.1) is 30.5 Å². The van der Waals surface area contributed by atoms with Gasteiger partial charge in [0.2, 0.25) is 0 Å². The number of amides is 2. The smallest absolute Gasteiger partial charge is 0.322 e. The molecule has 0 aliphatic rings. The molecular weight excluding hydrogens is 328 g/mol. The molecular formula is C18H21ClN2O3. The molecule has 0 spiro atoms. The summed E-state index contributed by atoms with van der Waals surface area (Å²) in [5.41, 5.74) is 2.36. The van der Waals surface area contributed by atoms with E-state index in [9.17, 15) is 9.90 Å². The number of aliphatic hydroxyl groups excluding tert-OH is 1. The third kappa shape index (κ3) is 4.19. The maximum atomic E-state index is 12.5. The molecule has 0 aliphatic carbocycles. The van der Waals surface area contributed by atoms with Gasteiger partial charge in [0.25, 0.3) is 0 Å². The lowest BCUT2D eigenvalue weighted by Gasteiger charge is -2.27. The topological polar surface area (TPSA) is 61.8 Å². The summed E-state index contributed by atoms with van der Waals surface area (Å²) >= 11 is 6.15. The van der Waals surface area contributed by atoms with Gasteiger partial charge in [0.15, 0.2) is 0 Å². The van der Waals surface area contributed by atoms with Gasteiger partial charge in [-0.25, -0.2) is 4.79 Å². The van der Waals surface area contributed by atoms with E-state index in [1.165, 1.54) is 4.90 Å². The number of benzene rings is 2. The monoisotopic (exact) mass is 348 g/mol. The number of urea groups is 1. The van der Waals surface area contributed by atoms with Crippen LogP contribution in [0, 0.1) is 6.92 Å². The number of likely N-dealkylation sites (N-methyl/N-ethyl adjacent to an activating group) is 1. The fraction of sp³-hybridized carbons (Fsp3) is 0.278. The van der Waals surface area contributed by atoms with Gasteiger partial charge in [0.1, 0.15) is 5.75 Å². The van der Waals surface area contributed by atoms with Crippen LogP contribution in [-0.4, -0.2) is 36.8 Å². The van der Waals surface area contributed by atoms with Gasteiger partial charge < -0.3 is 20.1 Å². The van der Waals surface area contributed by atoms with E-state index < -0.39 is 6.04 Å². The molecule has 1 atom stereocenters. The summed E-state index contributed by atoms with van der Waals surface area (Å²) in [5.74, 6) is 0.717. The lowest BCUT2D eigenvalue weighted by molar-refractivity contribution is 0.159. The van der Waals surface area contributed by atoms with Crippen molar-refractivity contribution in [1.82, 2.24) is 4.90 Å². The number of nitrogens with zero attached hydrogens (tertiary/aromatic N) is 1. The molecule has 128 valence electrons. The maximum Gasteiger partial charge on any atom is 0.322 e. The van der Waals surface area contributed by atoms with Crippen molar-refractivity contribution in [2.24, 2.45) is 0 Å². The summed E-state index contributed by atoms with van der Waals surface area (Å²) in [6, 6.07) is 11.8. The first-order valence-corrected chi connectivity index (χ1v) is 7.89. The molecule has 0 saturated carbocycles. The van der Waals surface area contributed by atoms with Crippen LogP contribution in [0.25, 0.3) is 0 Å². The Kier molecular flexibility index (Phi) is 6.06. The van der Waals surface area contributed by atoms with Crippen molar-refractivity contribution >= 4 is 23.3 Å². The van der Waals surface area contributed by atoms with E-state index in [4.69, 9.17) is 16.3 Å². The minimum absolute atomic E-state index is 0.197. The van der Waals surface area contributed by atoms with Gasteiger partial charge in [-0.05, 0) is 42.3 Å². The summed E-state index contributed by atoms with van der Waals surface area (Å²) in [7, 11) is 3.21. The normalized spacial score (nSPS) is 11.7. The van der Waals surface area contributed by atoms with Crippen LogP contribution >= 0.6 is 11.6 Å². The highest BCUT2D eigenvalue weighted by Crippen LogP contribution is 2.25. The molecule has 0 aromatic heterocycles. The van der Waals surface area contributed by atoms with Crippen molar-refractivity contribution in [2.45, 2.75) is 13.0 Å². The lowest BCUT2D eigenvalue weighted by atomic mass is 10.1. The van der Waals surface area contributed by atoms with Gasteiger partial charge in [0, 0.05) is 7.05 Å². The largest absolute Gasteiger partial charge is 0.497 e. The highest BCUT2D eigenvalue weighted by molar-refractivity contribution is 6.33. The molecule has 2 rings (SSSR count). The molecule has 0 fully saturated rings. The van der Waals surface area contributed by atoms with Gasteiger partial charge in [-0.15, -0.1) is 0 Å². The molecule has 2 aromatic carbocycles. The first-order chi connectivity index (χ1) is 11.5. The second-order valence-corrected chi connectivity index (χ2v) is 5.90. The van der Waals surface area contributed by atoms with Crippen LogP contribution in [0.1, 0.15) is 17.2 Å². The van der Waals surface area contributed by atoms with E-state index in [1.54, 1.807) is 38.4 Å². The van der Waals surface area contributed by atoms with Crippen molar-refractivity contribution < 1.29 is 14.6 Å². The number of methoxy groups -OCH3 is 1. The van der Waals surface area contributed by atoms with Gasteiger partial charge >= 0.3 is 6.03 Å². The van der Waals surface area contributed by atoms with Crippen LogP contribution in [0.4, 0.5) is 10.5 Å². The van der Waals surface area contributed by atoms with E-state index >= 15 is 0 Å². The van der Waals surface area contributed by atoms with E-state index in [2.05, 4.69) is 5.32 Å². The molecule has 6 heteroatoms. The van der Waals surface area contributed by atoms with Crippen molar-refractivity contribution in [3.8, 4) is 5.75 Å². The summed E-state index contributed by atoms with van der Waals surface area (Å²) in [6.45, 7) is 1.73. The van der Waals surface area contributed by atoms with E-state index in [0.717, 1.165) is 11.1 Å². The summed E-state index contributed by atoms with van der Waals surface area (Å²) in [5, 5.41) is 12.9. The highest BCUT2D eigenvalue weighted by Gasteiger charge is 2.21. The Bertz CT molecular complexity index is 704. The quantitative estimate of drug-likeness (QED) is 0.862. The molecule has 0 saturated heterocycles. The second-order valence-electron chi connectivity index (χ2n) is 5.50. The molecule has 5 nitrogen and oxygen atoms in total. The van der Waals surface area contributed by atoms with Crippen LogP contribution in [0.5, 0.6) is 5.75 Å². The Morgan fingerprint density at radius 2 is 1.96 bits per heavy atom. The Morgan fingerprint density at radius 1 is 1.29 bits per heavy atom. The standard InChI is InChI=1S/C18H21ClN2O3/c1-12-4-9-16(15(19)10-12)20-18(23)21(2)17(11-22)13-5-7-14(24-3)8-6-13/h4-10,17,22H,11H2,1-3H3,(H,20,23). The molecule has 0 aliphatic heterocycles. The summed E-state index contributed by atoms with van der Waals surface area (Å²) in [4.78, 5) is 13.9. The highest BCUT2D eigenvalue weighted by atomic mass is 35.5. The number of aryl methyl sites for hydroxylation is 1. The van der Waals surface area contributed by atoms with Crippen LogP contribution < -0.4 is 10.1 Å². The van der Waals surface area contributed by atoms with Gasteiger partial charge in [-0.1, -0.05) is 29.8 Å². The first-order valence-electron chi connectivity index (χ1n) is 7.51. The molecule has 1 unspecified atom stereocenters. The predicted molar refractivity (Wildman–Crippen MR) is 95.8 cm³/mol. The number of anilines is 1. The minimum Gasteiger partial charge on any atom is -0.497 e. The minimum atomic E-state index is -0.472. The number of ether oxygens (including phenoxy) is 1. The molecule has 0 heterocycles. The Balaban J connectivity index is 2.14. The van der Waals surface area contributed by atoms with Crippen LogP contribution in [0.3, 0.4) is 0 Å². The van der Waals surface area contributed by atoms with Gasteiger partial charge in [-0.3, -0.25) is 0 Å². The molecule has 0 radical (unpaired) electrons. The second kappa shape index (κ2) is 8.04. The number of halogens is 1. The SMILES string of the molecule is COc1ccc(C(CO)N(C)C(=O)Nc2ccc(C)cc2Cl)cc1. The number of rotatable bonds is 5. The third-order valence-electron chi connectivity index (χ3n) is 3.83. The van der Waals surface area contributed by atoms with Crippen molar-refractivity contribution in [3.63, 3.8) is 0 Å². The number of aliphatic hydroxyl groups is 1. The van der Waals surface area contributed by atoms with Crippen molar-refractivity contribution in [2.75, 3.05) is 26.1 Å². The molecule has 2 N–H and O–H groups in total. The summed E-state index contributed by atoms with van der Waals surface area (Å²) < 4.78 is 5.12. The predicted octanol–water partition coefficient (Wildman–Crippen LogP) is 3.85. The van der Waals surface area contributed by atoms with E-state index in [1.807, 2.05) is 25.1 Å². The lowest BCUT2D eigenvalue weighted by Crippen LogP contribution is -2.36. The molecule has 24 heavy (non-hydrogen) atoms. The zero-order chi connectivity index (χ0) is 17.7. The molecule has 2 amide bonds. The molecule has 2 aromatic rings. The van der Waals surface area contributed by atoms with Gasteiger partial charge in [-0.2, -0.15) is 0 Å². The Morgan fingerprint density at radius 3 is 2.50 bits per heavy atom. The fourth-order valence-corrected chi connectivity index (χ4v) is 2.63. The summed E-state index contributed by atoms with van der Waals surface area (Å²) in [6.07, 6.45) is 0. The average Bonchev–Trinajstić information content (AvgIpc) is 2.58. The first kappa shape index (κ1) is 18.1. The van der Waals surface area contributed by atoms with Crippen molar-refractivity contribution in [1.29, 1.82) is 0 Å². The number of carbonyl (C=O) groups excluding carboxylic acids is 1. The van der Waals surface area contributed by atoms with Crippen LogP contribution in [-0.2, 0) is 0 Å². The Labute approximate surface area is 146 Å². The fourth-order valence-electron chi connectivity index (χ4n) is 2.34. The van der Waals surface area contributed by atoms with E-state index in [0.29, 0.717) is 16.5 Å².